The van der Waals surface area contributed by atoms with Crippen molar-refractivity contribution >= 4 is 11.6 Å². The predicted molar refractivity (Wildman–Crippen MR) is 121 cm³/mol. The van der Waals surface area contributed by atoms with Crippen LogP contribution >= 0.6 is 0 Å². The van der Waals surface area contributed by atoms with Crippen molar-refractivity contribution in [3.05, 3.63) is 56.2 Å². The van der Waals surface area contributed by atoms with E-state index in [1.807, 2.05) is 31.2 Å². The van der Waals surface area contributed by atoms with Gasteiger partial charge in [0.1, 0.15) is 17.1 Å². The van der Waals surface area contributed by atoms with E-state index in [1.54, 1.807) is 7.11 Å². The molecule has 1 aromatic carbocycles. The first kappa shape index (κ1) is 22.8. The first-order valence-electron chi connectivity index (χ1n) is 10.9. The zero-order valence-corrected chi connectivity index (χ0v) is 18.6. The maximum absolute atomic E-state index is 13.3. The molecule has 1 fully saturated rings. The minimum absolute atomic E-state index is 0.0317. The lowest BCUT2D eigenvalue weighted by molar-refractivity contribution is 0.0890. The van der Waals surface area contributed by atoms with Crippen LogP contribution in [0.5, 0.6) is 5.75 Å². The van der Waals surface area contributed by atoms with E-state index in [-0.39, 0.29) is 29.8 Å². The second-order valence-corrected chi connectivity index (χ2v) is 8.09. The van der Waals surface area contributed by atoms with Gasteiger partial charge in [-0.05, 0) is 43.5 Å². The summed E-state index contributed by atoms with van der Waals surface area (Å²) in [5, 5.41) is 0. The van der Waals surface area contributed by atoms with Crippen molar-refractivity contribution in [3.63, 3.8) is 0 Å². The van der Waals surface area contributed by atoms with Gasteiger partial charge in [-0.3, -0.25) is 23.6 Å². The van der Waals surface area contributed by atoms with Gasteiger partial charge in [0, 0.05) is 19.6 Å². The fourth-order valence-electron chi connectivity index (χ4n) is 4.31. The topological polar surface area (TPSA) is 99.6 Å². The molecule has 2 heterocycles. The van der Waals surface area contributed by atoms with E-state index >= 15 is 0 Å². The van der Waals surface area contributed by atoms with Gasteiger partial charge in [0.05, 0.1) is 13.7 Å². The average Bonchev–Trinajstić information content (AvgIpc) is 3.01. The van der Waals surface area contributed by atoms with Gasteiger partial charge in [-0.15, -0.1) is 0 Å². The maximum atomic E-state index is 13.3. The number of benzene rings is 1. The Bertz CT molecular complexity index is 1040. The van der Waals surface area contributed by atoms with Crippen molar-refractivity contribution in [3.8, 4) is 5.75 Å². The van der Waals surface area contributed by atoms with Crippen molar-refractivity contribution in [2.75, 3.05) is 25.9 Å². The molecular weight excluding hydrogens is 396 g/mol. The number of likely N-dealkylation sites (tertiary alicyclic amines) is 1. The number of nitrogens with zero attached hydrogens (tertiary/aromatic N) is 3. The number of Topliss-reactive ketones (excluding diaryl/α,β-unsaturated/α-hetero) is 1. The van der Waals surface area contributed by atoms with Crippen LogP contribution in [-0.4, -0.2) is 40.0 Å². The Morgan fingerprint density at radius 3 is 2.52 bits per heavy atom. The molecule has 31 heavy (non-hydrogen) atoms. The number of ether oxygens (including phenoxy) is 1. The van der Waals surface area contributed by atoms with Crippen LogP contribution in [0.3, 0.4) is 0 Å². The van der Waals surface area contributed by atoms with Crippen LogP contribution in [0.2, 0.25) is 0 Å². The molecule has 1 aliphatic heterocycles. The van der Waals surface area contributed by atoms with Gasteiger partial charge >= 0.3 is 5.69 Å². The zero-order chi connectivity index (χ0) is 22.5. The smallest absolute Gasteiger partial charge is 0.332 e. The SMILES string of the molecule is CCCn1c(N)c(C(=O)CN2CCCCC[C@H]2c2ccc(OC)cc2)c(=O)n(C)c1=O. The molecule has 0 unspecified atom stereocenters. The number of aromatic nitrogens is 2. The van der Waals surface area contributed by atoms with Gasteiger partial charge in [-0.25, -0.2) is 4.79 Å². The summed E-state index contributed by atoms with van der Waals surface area (Å²) in [5.41, 5.74) is 6.06. The third kappa shape index (κ3) is 4.74. The maximum Gasteiger partial charge on any atom is 0.332 e. The Labute approximate surface area is 182 Å². The summed E-state index contributed by atoms with van der Waals surface area (Å²) in [5.74, 6) is 0.411. The van der Waals surface area contributed by atoms with Crippen molar-refractivity contribution in [1.82, 2.24) is 14.0 Å². The van der Waals surface area contributed by atoms with E-state index in [4.69, 9.17) is 10.5 Å². The molecule has 1 aromatic heterocycles. The van der Waals surface area contributed by atoms with Crippen molar-refractivity contribution in [2.45, 2.75) is 51.6 Å². The third-order valence-corrected chi connectivity index (χ3v) is 6.02. The van der Waals surface area contributed by atoms with Crippen molar-refractivity contribution < 1.29 is 9.53 Å². The molecule has 8 nitrogen and oxygen atoms in total. The number of carbonyl (C=O) groups is 1. The largest absolute Gasteiger partial charge is 0.497 e. The molecule has 0 aliphatic carbocycles. The van der Waals surface area contributed by atoms with Crippen LogP contribution in [-0.2, 0) is 13.6 Å². The molecule has 0 bridgehead atoms. The van der Waals surface area contributed by atoms with Gasteiger partial charge in [0.2, 0.25) is 0 Å². The summed E-state index contributed by atoms with van der Waals surface area (Å²) in [6.45, 7) is 3.12. The quantitative estimate of drug-likeness (QED) is 0.680. The number of anilines is 1. The minimum atomic E-state index is -0.629. The monoisotopic (exact) mass is 428 g/mol. The van der Waals surface area contributed by atoms with Gasteiger partial charge in [-0.2, -0.15) is 0 Å². The minimum Gasteiger partial charge on any atom is -0.497 e. The van der Waals surface area contributed by atoms with Gasteiger partial charge in [-0.1, -0.05) is 31.9 Å². The first-order chi connectivity index (χ1) is 14.9. The third-order valence-electron chi connectivity index (χ3n) is 6.02. The molecule has 1 atom stereocenters. The molecule has 1 aliphatic rings. The number of ketones is 1. The normalized spacial score (nSPS) is 17.3. The average molecular weight is 429 g/mol. The molecule has 2 N–H and O–H groups in total. The molecular formula is C23H32N4O4. The molecule has 0 radical (unpaired) electrons. The van der Waals surface area contributed by atoms with E-state index in [0.29, 0.717) is 13.0 Å². The highest BCUT2D eigenvalue weighted by Gasteiger charge is 2.28. The van der Waals surface area contributed by atoms with E-state index in [2.05, 4.69) is 4.90 Å². The number of nitrogen functional groups attached to an aromatic ring is 1. The Balaban J connectivity index is 1.94. The number of nitrogens with two attached hydrogens (primary N) is 1. The first-order valence-corrected chi connectivity index (χ1v) is 10.9. The second kappa shape index (κ2) is 9.96. The van der Waals surface area contributed by atoms with E-state index in [9.17, 15) is 14.4 Å². The van der Waals surface area contributed by atoms with Crippen LogP contribution < -0.4 is 21.7 Å². The summed E-state index contributed by atoms with van der Waals surface area (Å²) < 4.78 is 7.55. The van der Waals surface area contributed by atoms with Crippen LogP contribution in [0.4, 0.5) is 5.82 Å². The fourth-order valence-corrected chi connectivity index (χ4v) is 4.31. The molecule has 0 spiro atoms. The highest BCUT2D eigenvalue weighted by molar-refractivity contribution is 6.01. The highest BCUT2D eigenvalue weighted by atomic mass is 16.5. The van der Waals surface area contributed by atoms with Crippen LogP contribution in [0.15, 0.2) is 33.9 Å². The molecule has 0 saturated carbocycles. The number of hydrogen-bond acceptors (Lipinski definition) is 6. The second-order valence-electron chi connectivity index (χ2n) is 8.09. The van der Waals surface area contributed by atoms with E-state index in [0.717, 1.165) is 48.1 Å². The number of hydrogen-bond donors (Lipinski definition) is 1. The van der Waals surface area contributed by atoms with Crippen molar-refractivity contribution in [1.29, 1.82) is 0 Å². The molecule has 1 saturated heterocycles. The van der Waals surface area contributed by atoms with Crippen molar-refractivity contribution in [2.24, 2.45) is 7.05 Å². The Morgan fingerprint density at radius 2 is 1.87 bits per heavy atom. The Morgan fingerprint density at radius 1 is 1.16 bits per heavy atom. The van der Waals surface area contributed by atoms with Crippen LogP contribution in [0.1, 0.15) is 61.0 Å². The molecule has 3 rings (SSSR count). The molecule has 0 amide bonds. The van der Waals surface area contributed by atoms with Gasteiger partial charge < -0.3 is 10.5 Å². The summed E-state index contributed by atoms with van der Waals surface area (Å²) in [6.07, 6.45) is 4.77. The standard InChI is InChI=1S/C23H32N4O4/c1-4-13-27-21(24)20(22(29)25(2)23(27)30)19(28)15-26-14-7-5-6-8-18(26)16-9-11-17(31-3)12-10-16/h9-12,18H,4-8,13-15,24H2,1-3H3/t18-/m0/s1. The highest BCUT2D eigenvalue weighted by Crippen LogP contribution is 2.31. The molecule has 2 aromatic rings. The van der Waals surface area contributed by atoms with E-state index < -0.39 is 11.2 Å². The summed E-state index contributed by atoms with van der Waals surface area (Å²) >= 11 is 0. The fraction of sp³-hybridized carbons (Fsp3) is 0.522. The number of methoxy groups -OCH3 is 1. The van der Waals surface area contributed by atoms with Gasteiger partial charge in [0.25, 0.3) is 5.56 Å². The van der Waals surface area contributed by atoms with Crippen LogP contribution in [0, 0.1) is 0 Å². The van der Waals surface area contributed by atoms with Gasteiger partial charge in [0.15, 0.2) is 5.78 Å². The lowest BCUT2D eigenvalue weighted by atomic mass is 10.00. The number of rotatable bonds is 7. The summed E-state index contributed by atoms with van der Waals surface area (Å²) in [6, 6.07) is 7.98. The Kier molecular flexibility index (Phi) is 7.33. The number of carbonyl (C=O) groups excluding carboxylic acids is 1. The van der Waals surface area contributed by atoms with E-state index in [1.165, 1.54) is 11.6 Å². The lowest BCUT2D eigenvalue weighted by Crippen LogP contribution is -2.44. The summed E-state index contributed by atoms with van der Waals surface area (Å²) in [4.78, 5) is 40.6. The summed E-state index contributed by atoms with van der Waals surface area (Å²) in [7, 11) is 3.02. The molecule has 8 heteroatoms. The predicted octanol–water partition coefficient (Wildman–Crippen LogP) is 2.35. The van der Waals surface area contributed by atoms with Crippen LogP contribution in [0.25, 0.3) is 0 Å². The molecule has 168 valence electrons. The lowest BCUT2D eigenvalue weighted by Gasteiger charge is -2.30. The Hall–Kier alpha value is -2.87. The zero-order valence-electron chi connectivity index (χ0n) is 18.6.